The molecule has 3 aromatic rings. The first kappa shape index (κ1) is 22.4. The number of amides is 1. The van der Waals surface area contributed by atoms with Crippen LogP contribution >= 0.6 is 11.3 Å². The highest BCUT2D eigenvalue weighted by atomic mass is 32.1. The number of aromatic nitrogens is 2. The van der Waals surface area contributed by atoms with Crippen molar-refractivity contribution in [3.05, 3.63) is 46.6 Å². The molecule has 0 unspecified atom stereocenters. The molecule has 1 fully saturated rings. The van der Waals surface area contributed by atoms with E-state index >= 15 is 0 Å². The van der Waals surface area contributed by atoms with E-state index in [0.717, 1.165) is 47.5 Å². The minimum absolute atomic E-state index is 0.0414. The van der Waals surface area contributed by atoms with E-state index in [4.69, 9.17) is 0 Å². The second kappa shape index (κ2) is 9.36. The van der Waals surface area contributed by atoms with Crippen molar-refractivity contribution in [3.8, 4) is 5.75 Å². The van der Waals surface area contributed by atoms with Crippen molar-refractivity contribution in [2.75, 3.05) is 25.0 Å². The Hall–Kier alpha value is -2.81. The van der Waals surface area contributed by atoms with Crippen LogP contribution in [0.4, 0.5) is 14.6 Å². The van der Waals surface area contributed by atoms with Gasteiger partial charge in [0.1, 0.15) is 22.7 Å². The largest absolute Gasteiger partial charge is 0.435 e. The molecule has 9 heteroatoms. The summed E-state index contributed by atoms with van der Waals surface area (Å²) in [5, 5.41) is 1.12. The molecule has 1 aromatic carbocycles. The van der Waals surface area contributed by atoms with Gasteiger partial charge < -0.3 is 14.5 Å². The van der Waals surface area contributed by atoms with E-state index in [2.05, 4.69) is 33.5 Å². The lowest BCUT2D eigenvalue weighted by Gasteiger charge is -2.34. The fourth-order valence-electron chi connectivity index (χ4n) is 4.18. The molecular weight excluding hydrogens is 434 g/mol. The van der Waals surface area contributed by atoms with Gasteiger partial charge in [-0.1, -0.05) is 12.1 Å². The van der Waals surface area contributed by atoms with Gasteiger partial charge in [-0.3, -0.25) is 4.79 Å². The van der Waals surface area contributed by atoms with Crippen LogP contribution in [0.25, 0.3) is 10.2 Å². The molecule has 3 heterocycles. The zero-order valence-corrected chi connectivity index (χ0v) is 19.2. The van der Waals surface area contributed by atoms with Gasteiger partial charge in [-0.15, -0.1) is 11.3 Å². The SMILES string of the molecule is Cc1sc2ncnc(N3CCC(C(=O)N(C)Cc4ccc(OC(F)F)cc4)CC3)c2c1C. The molecule has 170 valence electrons. The Morgan fingerprint density at radius 3 is 2.56 bits per heavy atom. The van der Waals surface area contributed by atoms with Crippen molar-refractivity contribution in [2.24, 2.45) is 5.92 Å². The highest BCUT2D eigenvalue weighted by Crippen LogP contribution is 2.35. The van der Waals surface area contributed by atoms with Crippen LogP contribution in [0.1, 0.15) is 28.8 Å². The number of piperidine rings is 1. The number of fused-ring (bicyclic) bond motifs is 1. The number of hydrogen-bond acceptors (Lipinski definition) is 6. The minimum Gasteiger partial charge on any atom is -0.435 e. The first-order valence-corrected chi connectivity index (χ1v) is 11.4. The summed E-state index contributed by atoms with van der Waals surface area (Å²) in [6, 6.07) is 6.40. The van der Waals surface area contributed by atoms with E-state index in [9.17, 15) is 13.6 Å². The van der Waals surface area contributed by atoms with Crippen molar-refractivity contribution in [1.82, 2.24) is 14.9 Å². The number of hydrogen-bond donors (Lipinski definition) is 0. The van der Waals surface area contributed by atoms with Gasteiger partial charge >= 0.3 is 6.61 Å². The highest BCUT2D eigenvalue weighted by molar-refractivity contribution is 7.18. The lowest BCUT2D eigenvalue weighted by Crippen LogP contribution is -2.41. The summed E-state index contributed by atoms with van der Waals surface area (Å²) in [5.41, 5.74) is 2.09. The number of carbonyl (C=O) groups excluding carboxylic acids is 1. The third kappa shape index (κ3) is 4.67. The fourth-order valence-corrected chi connectivity index (χ4v) is 5.17. The molecule has 6 nitrogen and oxygen atoms in total. The average molecular weight is 461 g/mol. The molecule has 0 aliphatic carbocycles. The number of thiophene rings is 1. The molecule has 2 aromatic heterocycles. The standard InChI is InChI=1S/C23H26F2N4O2S/c1-14-15(2)32-21-19(14)20(26-13-27-21)29-10-8-17(9-11-29)22(30)28(3)12-16-4-6-18(7-5-16)31-23(24)25/h4-7,13,17,23H,8-12H2,1-3H3. The number of anilines is 1. The van der Waals surface area contributed by atoms with Crippen molar-refractivity contribution in [3.63, 3.8) is 0 Å². The Morgan fingerprint density at radius 2 is 1.91 bits per heavy atom. The average Bonchev–Trinajstić information content (AvgIpc) is 3.08. The van der Waals surface area contributed by atoms with E-state index in [0.29, 0.717) is 6.54 Å². The monoisotopic (exact) mass is 460 g/mol. The molecule has 4 rings (SSSR count). The molecular formula is C23H26F2N4O2S. The van der Waals surface area contributed by atoms with Crippen molar-refractivity contribution < 1.29 is 18.3 Å². The van der Waals surface area contributed by atoms with Gasteiger partial charge in [0.25, 0.3) is 0 Å². The Morgan fingerprint density at radius 1 is 1.22 bits per heavy atom. The molecule has 1 amide bonds. The molecule has 1 saturated heterocycles. The lowest BCUT2D eigenvalue weighted by molar-refractivity contribution is -0.135. The van der Waals surface area contributed by atoms with Crippen LogP contribution in [0, 0.1) is 19.8 Å². The van der Waals surface area contributed by atoms with Crippen LogP contribution in [-0.4, -0.2) is 47.5 Å². The second-order valence-electron chi connectivity index (χ2n) is 8.14. The van der Waals surface area contributed by atoms with Gasteiger partial charge in [0.15, 0.2) is 0 Å². The van der Waals surface area contributed by atoms with E-state index in [1.165, 1.54) is 22.6 Å². The summed E-state index contributed by atoms with van der Waals surface area (Å²) in [7, 11) is 1.78. The minimum atomic E-state index is -2.85. The smallest absolute Gasteiger partial charge is 0.387 e. The zero-order chi connectivity index (χ0) is 22.8. The summed E-state index contributed by atoms with van der Waals surface area (Å²) in [4.78, 5) is 28.2. The van der Waals surface area contributed by atoms with Crippen molar-refractivity contribution in [1.29, 1.82) is 0 Å². The molecule has 0 atom stereocenters. The number of nitrogens with zero attached hydrogens (tertiary/aromatic N) is 4. The Bertz CT molecular complexity index is 1100. The molecule has 0 bridgehead atoms. The first-order valence-electron chi connectivity index (χ1n) is 10.6. The number of alkyl halides is 2. The number of ether oxygens (including phenoxy) is 1. The van der Waals surface area contributed by atoms with E-state index in [1.54, 1.807) is 41.7 Å². The fraction of sp³-hybridized carbons (Fsp3) is 0.435. The summed E-state index contributed by atoms with van der Waals surface area (Å²) in [6.45, 7) is 3.33. The molecule has 0 N–H and O–H groups in total. The molecule has 1 aliphatic heterocycles. The number of carbonyl (C=O) groups is 1. The first-order chi connectivity index (χ1) is 15.3. The third-order valence-corrected chi connectivity index (χ3v) is 7.15. The summed E-state index contributed by atoms with van der Waals surface area (Å²) in [6.07, 6.45) is 3.14. The Labute approximate surface area is 189 Å². The van der Waals surface area contributed by atoms with E-state index < -0.39 is 6.61 Å². The number of halogens is 2. The van der Waals surface area contributed by atoms with Gasteiger partial charge in [0.05, 0.1) is 5.39 Å². The van der Waals surface area contributed by atoms with Gasteiger partial charge in [-0.25, -0.2) is 9.97 Å². The maximum atomic E-state index is 13.0. The number of benzene rings is 1. The maximum Gasteiger partial charge on any atom is 0.387 e. The van der Waals surface area contributed by atoms with Gasteiger partial charge in [0.2, 0.25) is 5.91 Å². The summed E-state index contributed by atoms with van der Waals surface area (Å²) in [5.74, 6) is 1.13. The van der Waals surface area contributed by atoms with Crippen molar-refractivity contribution in [2.45, 2.75) is 39.8 Å². The van der Waals surface area contributed by atoms with Crippen LogP contribution in [0.15, 0.2) is 30.6 Å². The lowest BCUT2D eigenvalue weighted by atomic mass is 9.95. The topological polar surface area (TPSA) is 58.6 Å². The molecule has 0 saturated carbocycles. The Kier molecular flexibility index (Phi) is 6.55. The third-order valence-electron chi connectivity index (χ3n) is 6.03. The second-order valence-corrected chi connectivity index (χ2v) is 9.34. The molecule has 0 radical (unpaired) electrons. The molecule has 0 spiro atoms. The van der Waals surface area contributed by atoms with E-state index in [-0.39, 0.29) is 17.6 Å². The van der Waals surface area contributed by atoms with Crippen LogP contribution in [-0.2, 0) is 11.3 Å². The van der Waals surface area contributed by atoms with Gasteiger partial charge in [-0.05, 0) is 49.9 Å². The van der Waals surface area contributed by atoms with E-state index in [1.807, 2.05) is 0 Å². The maximum absolute atomic E-state index is 13.0. The summed E-state index contributed by atoms with van der Waals surface area (Å²) < 4.78 is 29.0. The zero-order valence-electron chi connectivity index (χ0n) is 18.3. The normalized spacial score (nSPS) is 14.9. The molecule has 32 heavy (non-hydrogen) atoms. The van der Waals surface area contributed by atoms with Crippen LogP contribution in [0.3, 0.4) is 0 Å². The van der Waals surface area contributed by atoms with Gasteiger partial charge in [-0.2, -0.15) is 8.78 Å². The van der Waals surface area contributed by atoms with Crippen LogP contribution in [0.5, 0.6) is 5.75 Å². The highest BCUT2D eigenvalue weighted by Gasteiger charge is 2.29. The predicted molar refractivity (Wildman–Crippen MR) is 121 cm³/mol. The quantitative estimate of drug-likeness (QED) is 0.530. The summed E-state index contributed by atoms with van der Waals surface area (Å²) >= 11 is 1.69. The van der Waals surface area contributed by atoms with Crippen LogP contribution in [0.2, 0.25) is 0 Å². The molecule has 1 aliphatic rings. The Balaban J connectivity index is 1.36. The van der Waals surface area contributed by atoms with Crippen LogP contribution < -0.4 is 9.64 Å². The predicted octanol–water partition coefficient (Wildman–Crippen LogP) is 4.78. The number of rotatable bonds is 6. The number of aryl methyl sites for hydroxylation is 2. The van der Waals surface area contributed by atoms with Gasteiger partial charge in [0, 0.05) is 37.5 Å². The van der Waals surface area contributed by atoms with Crippen molar-refractivity contribution >= 4 is 33.3 Å².